The molecule has 0 fully saturated rings. The Labute approximate surface area is 313 Å². The van der Waals surface area contributed by atoms with Crippen molar-refractivity contribution in [3.63, 3.8) is 0 Å². The predicted octanol–water partition coefficient (Wildman–Crippen LogP) is 12.4. The van der Waals surface area contributed by atoms with E-state index in [2.05, 4.69) is 34.3 Å². The predicted molar refractivity (Wildman–Crippen MR) is 212 cm³/mol. The van der Waals surface area contributed by atoms with E-state index >= 15 is 0 Å². The van der Waals surface area contributed by atoms with Crippen LogP contribution in [0, 0.1) is 11.8 Å². The quantitative estimate of drug-likeness (QED) is 0.0423. The van der Waals surface area contributed by atoms with Gasteiger partial charge in [-0.2, -0.15) is 0 Å². The molecule has 0 aliphatic carbocycles. The number of aliphatic carboxylic acids is 3. The first-order valence-corrected chi connectivity index (χ1v) is 21.1. The summed E-state index contributed by atoms with van der Waals surface area (Å²) in [6, 6.07) is 0. The SMILES string of the molecule is C=CC(=O)O.CC(C)CCCCCCCCCCCCCCCOC(C(=O)O)C(OCCCCCCCCCCCCCCCC(C)C)C(=O)O. The van der Waals surface area contributed by atoms with Crippen LogP contribution in [0.25, 0.3) is 0 Å². The molecule has 0 radical (unpaired) electrons. The Hall–Kier alpha value is -1.93. The van der Waals surface area contributed by atoms with Crippen LogP contribution in [0.4, 0.5) is 0 Å². The van der Waals surface area contributed by atoms with E-state index in [4.69, 9.17) is 14.6 Å². The summed E-state index contributed by atoms with van der Waals surface area (Å²) < 4.78 is 11.0. The maximum absolute atomic E-state index is 11.8. The van der Waals surface area contributed by atoms with E-state index in [0.29, 0.717) is 0 Å². The fourth-order valence-electron chi connectivity index (χ4n) is 6.20. The van der Waals surface area contributed by atoms with Gasteiger partial charge in [-0.05, 0) is 24.7 Å². The average molecular weight is 727 g/mol. The van der Waals surface area contributed by atoms with Crippen molar-refractivity contribution in [2.45, 2.75) is 220 Å². The third kappa shape index (κ3) is 40.7. The van der Waals surface area contributed by atoms with Crippen LogP contribution in [0.3, 0.4) is 0 Å². The maximum Gasteiger partial charge on any atom is 0.336 e. The van der Waals surface area contributed by atoms with Gasteiger partial charge in [-0.3, -0.25) is 0 Å². The third-order valence-electron chi connectivity index (χ3n) is 9.38. The monoisotopic (exact) mass is 727 g/mol. The zero-order chi connectivity index (χ0) is 38.4. The highest BCUT2D eigenvalue weighted by atomic mass is 16.6. The minimum absolute atomic E-state index is 0.250. The molecular weight excluding hydrogens is 644 g/mol. The molecule has 0 heterocycles. The lowest BCUT2D eigenvalue weighted by molar-refractivity contribution is -0.176. The molecule has 0 bridgehead atoms. The number of carboxylic acids is 3. The van der Waals surface area contributed by atoms with Crippen LogP contribution < -0.4 is 0 Å². The van der Waals surface area contributed by atoms with Gasteiger partial charge in [0.1, 0.15) is 0 Å². The van der Waals surface area contributed by atoms with Crippen molar-refractivity contribution in [3.05, 3.63) is 12.7 Å². The number of ether oxygens (including phenoxy) is 2. The smallest absolute Gasteiger partial charge is 0.336 e. The number of hydrogen-bond acceptors (Lipinski definition) is 5. The fraction of sp³-hybridized carbons (Fsp3) is 0.884. The van der Waals surface area contributed by atoms with Gasteiger partial charge in [-0.1, -0.05) is 201 Å². The molecular formula is C43H82O8. The van der Waals surface area contributed by atoms with Crippen molar-refractivity contribution in [2.75, 3.05) is 13.2 Å². The zero-order valence-electron chi connectivity index (χ0n) is 33.7. The first-order valence-electron chi connectivity index (χ1n) is 21.1. The van der Waals surface area contributed by atoms with Crippen molar-refractivity contribution in [2.24, 2.45) is 11.8 Å². The number of rotatable bonds is 38. The molecule has 0 saturated carbocycles. The topological polar surface area (TPSA) is 130 Å². The fourth-order valence-corrected chi connectivity index (χ4v) is 6.20. The number of carboxylic acid groups (broad SMARTS) is 3. The molecule has 8 heteroatoms. The highest BCUT2D eigenvalue weighted by Gasteiger charge is 2.35. The summed E-state index contributed by atoms with van der Waals surface area (Å²) >= 11 is 0. The Kier molecular flexibility index (Phi) is 39.4. The highest BCUT2D eigenvalue weighted by molar-refractivity contribution is 5.83. The molecule has 2 atom stereocenters. The van der Waals surface area contributed by atoms with E-state index in [-0.39, 0.29) is 13.2 Å². The van der Waals surface area contributed by atoms with E-state index in [1.54, 1.807) is 0 Å². The van der Waals surface area contributed by atoms with Gasteiger partial charge in [0.2, 0.25) is 0 Å². The molecule has 3 N–H and O–H groups in total. The largest absolute Gasteiger partial charge is 0.479 e. The molecule has 0 saturated heterocycles. The second kappa shape index (κ2) is 39.3. The van der Waals surface area contributed by atoms with Crippen molar-refractivity contribution in [3.8, 4) is 0 Å². The summed E-state index contributed by atoms with van der Waals surface area (Å²) in [5, 5.41) is 26.8. The Morgan fingerprint density at radius 2 is 0.627 bits per heavy atom. The van der Waals surface area contributed by atoms with Crippen molar-refractivity contribution < 1.29 is 39.2 Å². The van der Waals surface area contributed by atoms with E-state index < -0.39 is 30.1 Å². The highest BCUT2D eigenvalue weighted by Crippen LogP contribution is 2.17. The molecule has 0 aromatic heterocycles. The molecule has 302 valence electrons. The first kappa shape index (κ1) is 51.2. The zero-order valence-corrected chi connectivity index (χ0v) is 33.7. The molecule has 0 rings (SSSR count). The Bertz CT molecular complexity index is 741. The van der Waals surface area contributed by atoms with Gasteiger partial charge >= 0.3 is 17.9 Å². The second-order valence-electron chi connectivity index (χ2n) is 15.4. The molecule has 0 aliphatic heterocycles. The van der Waals surface area contributed by atoms with Crippen molar-refractivity contribution in [1.82, 2.24) is 0 Å². The van der Waals surface area contributed by atoms with Crippen LogP contribution in [0.15, 0.2) is 12.7 Å². The van der Waals surface area contributed by atoms with Crippen LogP contribution in [-0.4, -0.2) is 58.6 Å². The van der Waals surface area contributed by atoms with Crippen LogP contribution >= 0.6 is 0 Å². The van der Waals surface area contributed by atoms with Gasteiger partial charge in [0.05, 0.1) is 0 Å². The molecule has 2 unspecified atom stereocenters. The minimum atomic E-state index is -1.47. The molecule has 0 aliphatic rings. The summed E-state index contributed by atoms with van der Waals surface area (Å²) in [7, 11) is 0. The third-order valence-corrected chi connectivity index (χ3v) is 9.38. The maximum atomic E-state index is 11.8. The van der Waals surface area contributed by atoms with Crippen molar-refractivity contribution >= 4 is 17.9 Å². The average Bonchev–Trinajstić information content (AvgIpc) is 3.07. The molecule has 0 aromatic carbocycles. The van der Waals surface area contributed by atoms with Crippen molar-refractivity contribution in [1.29, 1.82) is 0 Å². The van der Waals surface area contributed by atoms with E-state index in [9.17, 15) is 24.6 Å². The van der Waals surface area contributed by atoms with Crippen LogP contribution in [0.5, 0.6) is 0 Å². The Morgan fingerprint density at radius 3 is 0.804 bits per heavy atom. The summed E-state index contributed by atoms with van der Waals surface area (Å²) in [4.78, 5) is 32.8. The molecule has 51 heavy (non-hydrogen) atoms. The van der Waals surface area contributed by atoms with Gasteiger partial charge in [0.25, 0.3) is 0 Å². The van der Waals surface area contributed by atoms with Crippen LogP contribution in [0.2, 0.25) is 0 Å². The van der Waals surface area contributed by atoms with Crippen LogP contribution in [0.1, 0.15) is 207 Å². The summed E-state index contributed by atoms with van der Waals surface area (Å²) in [6.45, 7) is 12.7. The molecule has 0 spiro atoms. The van der Waals surface area contributed by atoms with Gasteiger partial charge in [0.15, 0.2) is 12.2 Å². The van der Waals surface area contributed by atoms with E-state index in [0.717, 1.165) is 56.4 Å². The lowest BCUT2D eigenvalue weighted by Crippen LogP contribution is -2.44. The second-order valence-corrected chi connectivity index (χ2v) is 15.4. The number of unbranched alkanes of at least 4 members (excludes halogenated alkanes) is 24. The number of hydrogen-bond donors (Lipinski definition) is 3. The standard InChI is InChI=1S/C40H78O6.C3H4O2/c1-35(2)31-27-23-19-15-11-7-5-9-13-17-21-25-29-33-45-37(39(41)42)38(40(43)44)46-34-30-26-22-18-14-10-6-8-12-16-20-24-28-32-36(3)4;1-2-3(4)5/h35-38H,5-34H2,1-4H3,(H,41,42)(H,43,44);2H,1H2,(H,4,5). The summed E-state index contributed by atoms with van der Waals surface area (Å²) in [5.74, 6) is -1.85. The molecule has 0 aromatic rings. The lowest BCUT2D eigenvalue weighted by atomic mass is 10.0. The molecule has 0 amide bonds. The Balaban J connectivity index is 0. The van der Waals surface area contributed by atoms with Gasteiger partial charge in [-0.25, -0.2) is 14.4 Å². The first-order chi connectivity index (χ1) is 24.5. The van der Waals surface area contributed by atoms with Gasteiger partial charge < -0.3 is 24.8 Å². The lowest BCUT2D eigenvalue weighted by Gasteiger charge is -2.21. The van der Waals surface area contributed by atoms with E-state index in [1.165, 1.54) is 141 Å². The van der Waals surface area contributed by atoms with Gasteiger partial charge in [-0.15, -0.1) is 0 Å². The Morgan fingerprint density at radius 1 is 0.431 bits per heavy atom. The minimum Gasteiger partial charge on any atom is -0.479 e. The number of carbonyl (C=O) groups is 3. The summed E-state index contributed by atoms with van der Waals surface area (Å²) in [6.07, 6.45) is 32.9. The van der Waals surface area contributed by atoms with Crippen LogP contribution in [-0.2, 0) is 23.9 Å². The van der Waals surface area contributed by atoms with E-state index in [1.807, 2.05) is 0 Å². The normalized spacial score (nSPS) is 12.4. The van der Waals surface area contributed by atoms with Gasteiger partial charge in [0, 0.05) is 19.3 Å². The summed E-state index contributed by atoms with van der Waals surface area (Å²) in [5.41, 5.74) is 0. The molecule has 8 nitrogen and oxygen atoms in total.